The molecule has 19 heavy (non-hydrogen) atoms. The van der Waals surface area contributed by atoms with Gasteiger partial charge in [-0.3, -0.25) is 5.84 Å². The number of hydrazine groups is 1. The summed E-state index contributed by atoms with van der Waals surface area (Å²) in [5.41, 5.74) is 3.86. The number of hydrogen-bond acceptors (Lipinski definition) is 2. The lowest BCUT2D eigenvalue weighted by Gasteiger charge is -2.19. The maximum Gasteiger partial charge on any atom is 0.123 e. The molecule has 1 unspecified atom stereocenters. The maximum atomic E-state index is 13.4. The third-order valence-electron chi connectivity index (χ3n) is 2.70. The molecule has 0 aliphatic heterocycles. The molecule has 1 atom stereocenters. The van der Waals surface area contributed by atoms with E-state index in [2.05, 4.69) is 21.4 Å². The van der Waals surface area contributed by atoms with Gasteiger partial charge in [0.2, 0.25) is 0 Å². The van der Waals surface area contributed by atoms with Crippen molar-refractivity contribution in [3.05, 3.63) is 67.9 Å². The molecule has 0 saturated carbocycles. The molecule has 0 bridgehead atoms. The summed E-state index contributed by atoms with van der Waals surface area (Å²) in [4.78, 5) is 0. The van der Waals surface area contributed by atoms with E-state index in [1.54, 1.807) is 6.07 Å². The molecule has 0 saturated heterocycles. The van der Waals surface area contributed by atoms with Gasteiger partial charge < -0.3 is 0 Å². The van der Waals surface area contributed by atoms with Crippen molar-refractivity contribution >= 4 is 39.1 Å². The zero-order valence-corrected chi connectivity index (χ0v) is 12.7. The molecule has 0 radical (unpaired) electrons. The van der Waals surface area contributed by atoms with Crippen molar-refractivity contribution in [3.63, 3.8) is 0 Å². The van der Waals surface area contributed by atoms with E-state index in [0.717, 1.165) is 4.47 Å². The summed E-state index contributed by atoms with van der Waals surface area (Å²) in [5, 5.41) is 0.937. The Morgan fingerprint density at radius 3 is 2.26 bits per heavy atom. The number of hydrogen-bond donors (Lipinski definition) is 2. The lowest BCUT2D eigenvalue weighted by atomic mass is 9.99. The second kappa shape index (κ2) is 6.20. The number of rotatable bonds is 3. The van der Waals surface area contributed by atoms with E-state index in [1.165, 1.54) is 18.2 Å². The van der Waals surface area contributed by atoms with Crippen molar-refractivity contribution in [1.29, 1.82) is 0 Å². The van der Waals surface area contributed by atoms with Gasteiger partial charge in [-0.1, -0.05) is 39.1 Å². The Balaban J connectivity index is 2.55. The molecule has 6 heteroatoms. The Hall–Kier alpha value is -0.650. The van der Waals surface area contributed by atoms with Gasteiger partial charge in [-0.15, -0.1) is 0 Å². The molecule has 2 aromatic carbocycles. The Kier molecular flexibility index (Phi) is 4.81. The van der Waals surface area contributed by atoms with Crippen molar-refractivity contribution in [2.24, 2.45) is 5.84 Å². The molecule has 0 aliphatic carbocycles. The van der Waals surface area contributed by atoms with E-state index in [0.29, 0.717) is 21.2 Å². The van der Waals surface area contributed by atoms with E-state index in [-0.39, 0.29) is 5.82 Å². The highest BCUT2D eigenvalue weighted by Gasteiger charge is 2.19. The molecule has 3 N–H and O–H groups in total. The summed E-state index contributed by atoms with van der Waals surface area (Å²) in [5.74, 6) is 5.19. The van der Waals surface area contributed by atoms with Gasteiger partial charge in [0.1, 0.15) is 5.82 Å². The van der Waals surface area contributed by atoms with Crippen LogP contribution in [0.2, 0.25) is 10.0 Å². The summed E-state index contributed by atoms with van der Waals surface area (Å²) >= 11 is 15.6. The number of nitrogens with one attached hydrogen (secondary N) is 1. The third kappa shape index (κ3) is 3.27. The number of benzene rings is 2. The van der Waals surface area contributed by atoms with Gasteiger partial charge in [-0.25, -0.2) is 9.82 Å². The largest absolute Gasteiger partial charge is 0.271 e. The first-order chi connectivity index (χ1) is 9.02. The Morgan fingerprint density at radius 2 is 1.63 bits per heavy atom. The predicted molar refractivity (Wildman–Crippen MR) is 79.7 cm³/mol. The molecule has 0 fully saturated rings. The summed E-state index contributed by atoms with van der Waals surface area (Å²) in [6.45, 7) is 0. The van der Waals surface area contributed by atoms with Crippen LogP contribution in [-0.2, 0) is 0 Å². The summed E-state index contributed by atoms with van der Waals surface area (Å²) in [7, 11) is 0. The fourth-order valence-corrected chi connectivity index (χ4v) is 2.65. The van der Waals surface area contributed by atoms with E-state index < -0.39 is 6.04 Å². The average Bonchev–Trinajstić information content (AvgIpc) is 2.38. The van der Waals surface area contributed by atoms with Crippen molar-refractivity contribution < 1.29 is 4.39 Å². The lowest BCUT2D eigenvalue weighted by Crippen LogP contribution is -2.29. The molecule has 0 aliphatic rings. The van der Waals surface area contributed by atoms with Crippen LogP contribution >= 0.6 is 39.1 Å². The molecular weight excluding hydrogens is 354 g/mol. The van der Waals surface area contributed by atoms with Crippen LogP contribution < -0.4 is 11.3 Å². The smallest absolute Gasteiger partial charge is 0.123 e. The van der Waals surface area contributed by atoms with Gasteiger partial charge >= 0.3 is 0 Å². The topological polar surface area (TPSA) is 38.0 Å². The van der Waals surface area contributed by atoms with E-state index >= 15 is 0 Å². The average molecular weight is 364 g/mol. The van der Waals surface area contributed by atoms with E-state index in [9.17, 15) is 4.39 Å². The second-order valence-corrected chi connectivity index (χ2v) is 5.66. The summed E-state index contributed by atoms with van der Waals surface area (Å²) in [6.07, 6.45) is 0. The van der Waals surface area contributed by atoms with Gasteiger partial charge in [-0.2, -0.15) is 0 Å². The SMILES string of the molecule is NNC(c1cc(F)ccc1Cl)c1cc(Br)ccc1Cl. The molecule has 2 rings (SSSR count). The fraction of sp³-hybridized carbons (Fsp3) is 0.0769. The predicted octanol–water partition coefficient (Wildman–Crippen LogP) is 4.45. The summed E-state index contributed by atoms with van der Waals surface area (Å²) < 4.78 is 14.2. The quantitative estimate of drug-likeness (QED) is 0.624. The van der Waals surface area contributed by atoms with Gasteiger partial charge in [0.05, 0.1) is 6.04 Å². The number of halogens is 4. The molecule has 0 heterocycles. The van der Waals surface area contributed by atoms with E-state index in [1.807, 2.05) is 12.1 Å². The highest BCUT2D eigenvalue weighted by atomic mass is 79.9. The Morgan fingerprint density at radius 1 is 1.05 bits per heavy atom. The van der Waals surface area contributed by atoms with Crippen LogP contribution in [-0.4, -0.2) is 0 Å². The Bertz CT molecular complexity index is 556. The summed E-state index contributed by atoms with van der Waals surface area (Å²) in [6, 6.07) is 8.99. The second-order valence-electron chi connectivity index (χ2n) is 3.93. The van der Waals surface area contributed by atoms with Crippen LogP contribution in [0.15, 0.2) is 40.9 Å². The van der Waals surface area contributed by atoms with Crippen LogP contribution in [0.25, 0.3) is 0 Å². The minimum atomic E-state index is -0.492. The molecule has 2 aromatic rings. The minimum Gasteiger partial charge on any atom is -0.271 e. The van der Waals surface area contributed by atoms with Gasteiger partial charge in [-0.05, 0) is 47.5 Å². The fourth-order valence-electron chi connectivity index (χ4n) is 1.82. The minimum absolute atomic E-state index is 0.384. The van der Waals surface area contributed by atoms with Crippen molar-refractivity contribution in [2.75, 3.05) is 0 Å². The standard InChI is InChI=1S/C13H10BrCl2FN2/c14-7-1-3-11(15)9(5-7)13(19-18)10-6-8(17)2-4-12(10)16/h1-6,13,19H,18H2. The first-order valence-corrected chi connectivity index (χ1v) is 6.94. The zero-order valence-electron chi connectivity index (χ0n) is 9.63. The number of nitrogens with two attached hydrogens (primary N) is 1. The lowest BCUT2D eigenvalue weighted by molar-refractivity contribution is 0.605. The monoisotopic (exact) mass is 362 g/mol. The molecular formula is C13H10BrCl2FN2. The zero-order chi connectivity index (χ0) is 14.0. The van der Waals surface area contributed by atoms with Crippen LogP contribution in [0.4, 0.5) is 4.39 Å². The van der Waals surface area contributed by atoms with Gasteiger partial charge in [0.15, 0.2) is 0 Å². The van der Waals surface area contributed by atoms with E-state index in [4.69, 9.17) is 29.0 Å². The maximum absolute atomic E-state index is 13.4. The van der Waals surface area contributed by atoms with Crippen LogP contribution in [0.1, 0.15) is 17.2 Å². The first kappa shape index (κ1) is 14.8. The molecule has 2 nitrogen and oxygen atoms in total. The molecule has 0 aromatic heterocycles. The molecule has 0 amide bonds. The van der Waals surface area contributed by atoms with Crippen molar-refractivity contribution in [1.82, 2.24) is 5.43 Å². The molecule has 0 spiro atoms. The van der Waals surface area contributed by atoms with Gasteiger partial charge in [0.25, 0.3) is 0 Å². The normalized spacial score (nSPS) is 12.5. The van der Waals surface area contributed by atoms with Crippen LogP contribution in [0.5, 0.6) is 0 Å². The highest BCUT2D eigenvalue weighted by Crippen LogP contribution is 2.33. The first-order valence-electron chi connectivity index (χ1n) is 5.39. The highest BCUT2D eigenvalue weighted by molar-refractivity contribution is 9.10. The van der Waals surface area contributed by atoms with Crippen molar-refractivity contribution in [3.8, 4) is 0 Å². The third-order valence-corrected chi connectivity index (χ3v) is 3.89. The Labute approximate surface area is 128 Å². The van der Waals surface area contributed by atoms with Gasteiger partial charge in [0, 0.05) is 14.5 Å². The van der Waals surface area contributed by atoms with Crippen LogP contribution in [0, 0.1) is 5.82 Å². The van der Waals surface area contributed by atoms with Crippen LogP contribution in [0.3, 0.4) is 0 Å². The molecule has 100 valence electrons. The van der Waals surface area contributed by atoms with Crippen molar-refractivity contribution in [2.45, 2.75) is 6.04 Å².